The van der Waals surface area contributed by atoms with Crippen LogP contribution in [0.3, 0.4) is 0 Å². The number of hydrogen-bond donors (Lipinski definition) is 2. The summed E-state index contributed by atoms with van der Waals surface area (Å²) in [4.78, 5) is 4.29. The van der Waals surface area contributed by atoms with Gasteiger partial charge in [0, 0.05) is 16.6 Å². The minimum absolute atomic E-state index is 0.709. The Morgan fingerprint density at radius 1 is 1.57 bits per heavy atom. The van der Waals surface area contributed by atoms with Gasteiger partial charge in [0.15, 0.2) is 0 Å². The summed E-state index contributed by atoms with van der Waals surface area (Å²) in [5.41, 5.74) is 4.79. The largest absolute Gasteiger partial charge is 0.308 e. The predicted octanol–water partition coefficient (Wildman–Crippen LogP) is 1.99. The first-order valence-electron chi connectivity index (χ1n) is 4.47. The zero-order chi connectivity index (χ0) is 10.6. The Hall–Kier alpha value is -0.870. The number of amidine groups is 1. The molecule has 0 bridgehead atoms. The lowest BCUT2D eigenvalue weighted by atomic mass is 10.1. The minimum Gasteiger partial charge on any atom is -0.308 e. The Balaban J connectivity index is 3.22. The van der Waals surface area contributed by atoms with Crippen molar-refractivity contribution in [3.05, 3.63) is 33.8 Å². The monoisotopic (exact) mass is 255 g/mol. The summed E-state index contributed by atoms with van der Waals surface area (Å²) in [7, 11) is 0. The number of halogens is 1. The first-order chi connectivity index (χ1) is 6.70. The van der Waals surface area contributed by atoms with Crippen molar-refractivity contribution in [2.75, 3.05) is 6.54 Å². The molecule has 1 aromatic carbocycles. The second-order valence-corrected chi connectivity index (χ2v) is 3.75. The summed E-state index contributed by atoms with van der Waals surface area (Å²) in [5, 5.41) is 0. The number of hydrogen-bond acceptors (Lipinski definition) is 2. The standard InChI is InChI=1S/C10H14BrN3/c1-3-13-10(14-12)9-7(2)5-4-6-8(9)11/h4-6H,3,12H2,1-2H3,(H,13,14). The molecule has 0 unspecified atom stereocenters. The highest BCUT2D eigenvalue weighted by Crippen LogP contribution is 2.20. The average molecular weight is 256 g/mol. The van der Waals surface area contributed by atoms with Gasteiger partial charge in [-0.15, -0.1) is 0 Å². The van der Waals surface area contributed by atoms with E-state index in [0.717, 1.165) is 21.4 Å². The molecule has 0 spiro atoms. The Labute approximate surface area is 92.5 Å². The lowest BCUT2D eigenvalue weighted by molar-refractivity contribution is 0.988. The van der Waals surface area contributed by atoms with Gasteiger partial charge >= 0.3 is 0 Å². The summed E-state index contributed by atoms with van der Waals surface area (Å²) >= 11 is 3.48. The molecule has 1 aromatic rings. The first kappa shape index (κ1) is 11.2. The zero-order valence-corrected chi connectivity index (χ0v) is 9.93. The third-order valence-corrected chi connectivity index (χ3v) is 2.57. The van der Waals surface area contributed by atoms with Gasteiger partial charge in [0.25, 0.3) is 0 Å². The van der Waals surface area contributed by atoms with Crippen molar-refractivity contribution in [1.82, 2.24) is 5.43 Å². The van der Waals surface area contributed by atoms with E-state index in [9.17, 15) is 0 Å². The lowest BCUT2D eigenvalue weighted by Gasteiger charge is -2.10. The van der Waals surface area contributed by atoms with E-state index in [1.165, 1.54) is 0 Å². The van der Waals surface area contributed by atoms with Crippen molar-refractivity contribution in [3.8, 4) is 0 Å². The molecule has 0 saturated heterocycles. The number of hydrazine groups is 1. The van der Waals surface area contributed by atoms with Crippen molar-refractivity contribution in [3.63, 3.8) is 0 Å². The van der Waals surface area contributed by atoms with Gasteiger partial charge in [0.05, 0.1) is 0 Å². The Kier molecular flexibility index (Phi) is 4.10. The smallest absolute Gasteiger partial charge is 0.143 e. The predicted molar refractivity (Wildman–Crippen MR) is 63.3 cm³/mol. The van der Waals surface area contributed by atoms with E-state index >= 15 is 0 Å². The number of nitrogens with one attached hydrogen (secondary N) is 1. The lowest BCUT2D eigenvalue weighted by Crippen LogP contribution is -2.32. The van der Waals surface area contributed by atoms with Gasteiger partial charge in [-0.3, -0.25) is 4.99 Å². The van der Waals surface area contributed by atoms with Crippen LogP contribution in [0, 0.1) is 6.92 Å². The van der Waals surface area contributed by atoms with Gasteiger partial charge in [-0.1, -0.05) is 28.1 Å². The van der Waals surface area contributed by atoms with Crippen molar-refractivity contribution < 1.29 is 0 Å². The highest BCUT2D eigenvalue weighted by molar-refractivity contribution is 9.10. The van der Waals surface area contributed by atoms with Crippen LogP contribution in [0.1, 0.15) is 18.1 Å². The van der Waals surface area contributed by atoms with Crippen LogP contribution in [0.25, 0.3) is 0 Å². The molecule has 0 radical (unpaired) electrons. The van der Waals surface area contributed by atoms with Gasteiger partial charge in [-0.05, 0) is 25.5 Å². The molecule has 0 amide bonds. The number of aliphatic imine (C=N–C) groups is 1. The molecular weight excluding hydrogens is 242 g/mol. The van der Waals surface area contributed by atoms with Crippen LogP contribution in [-0.2, 0) is 0 Å². The maximum Gasteiger partial charge on any atom is 0.143 e. The topological polar surface area (TPSA) is 50.4 Å². The first-order valence-corrected chi connectivity index (χ1v) is 5.26. The van der Waals surface area contributed by atoms with Crippen LogP contribution >= 0.6 is 15.9 Å². The molecule has 0 aliphatic rings. The molecular formula is C10H14BrN3. The van der Waals surface area contributed by atoms with Gasteiger partial charge < -0.3 is 5.43 Å². The second-order valence-electron chi connectivity index (χ2n) is 2.90. The third-order valence-electron chi connectivity index (χ3n) is 1.91. The average Bonchev–Trinajstić information content (AvgIpc) is 2.16. The molecule has 3 N–H and O–H groups in total. The zero-order valence-electron chi connectivity index (χ0n) is 8.34. The van der Waals surface area contributed by atoms with Crippen molar-refractivity contribution in [2.24, 2.45) is 10.8 Å². The van der Waals surface area contributed by atoms with E-state index in [1.807, 2.05) is 32.0 Å². The molecule has 76 valence electrons. The number of rotatable bonds is 2. The van der Waals surface area contributed by atoms with E-state index < -0.39 is 0 Å². The minimum atomic E-state index is 0.709. The molecule has 14 heavy (non-hydrogen) atoms. The van der Waals surface area contributed by atoms with Gasteiger partial charge in [-0.2, -0.15) is 0 Å². The quantitative estimate of drug-likeness (QED) is 0.368. The van der Waals surface area contributed by atoms with Crippen LogP contribution in [0.2, 0.25) is 0 Å². The molecule has 3 nitrogen and oxygen atoms in total. The van der Waals surface area contributed by atoms with Crippen molar-refractivity contribution >= 4 is 21.8 Å². The molecule has 4 heteroatoms. The maximum absolute atomic E-state index is 5.43. The van der Waals surface area contributed by atoms with Crippen LogP contribution < -0.4 is 11.3 Å². The second kappa shape index (κ2) is 5.12. The number of nitrogens with two attached hydrogens (primary N) is 1. The summed E-state index contributed by atoms with van der Waals surface area (Å²) in [6, 6.07) is 6.00. The normalized spacial score (nSPS) is 11.6. The van der Waals surface area contributed by atoms with E-state index in [4.69, 9.17) is 5.84 Å². The van der Waals surface area contributed by atoms with E-state index in [2.05, 4.69) is 26.3 Å². The van der Waals surface area contributed by atoms with Gasteiger partial charge in [-0.25, -0.2) is 5.84 Å². The SMILES string of the molecule is CCN=C(NN)c1c(C)cccc1Br. The van der Waals surface area contributed by atoms with Crippen molar-refractivity contribution in [1.29, 1.82) is 0 Å². The maximum atomic E-state index is 5.43. The summed E-state index contributed by atoms with van der Waals surface area (Å²) in [6.07, 6.45) is 0. The van der Waals surface area contributed by atoms with Crippen LogP contribution in [0.15, 0.2) is 27.7 Å². The number of benzene rings is 1. The molecule has 1 rings (SSSR count). The molecule has 0 atom stereocenters. The summed E-state index contributed by atoms with van der Waals surface area (Å²) < 4.78 is 1.00. The van der Waals surface area contributed by atoms with Crippen LogP contribution in [0.4, 0.5) is 0 Å². The Morgan fingerprint density at radius 2 is 2.29 bits per heavy atom. The molecule has 0 saturated carbocycles. The molecule has 0 aromatic heterocycles. The summed E-state index contributed by atoms with van der Waals surface area (Å²) in [5.74, 6) is 6.15. The highest BCUT2D eigenvalue weighted by Gasteiger charge is 2.08. The summed E-state index contributed by atoms with van der Waals surface area (Å²) in [6.45, 7) is 4.71. The fraction of sp³-hybridized carbons (Fsp3) is 0.300. The molecule has 0 heterocycles. The van der Waals surface area contributed by atoms with Crippen LogP contribution in [-0.4, -0.2) is 12.4 Å². The van der Waals surface area contributed by atoms with Gasteiger partial charge in [0.2, 0.25) is 0 Å². The van der Waals surface area contributed by atoms with Gasteiger partial charge in [0.1, 0.15) is 5.84 Å². The van der Waals surface area contributed by atoms with E-state index in [1.54, 1.807) is 0 Å². The number of aryl methyl sites for hydroxylation is 1. The number of nitrogens with zero attached hydrogens (tertiary/aromatic N) is 1. The van der Waals surface area contributed by atoms with E-state index in [-0.39, 0.29) is 0 Å². The third kappa shape index (κ3) is 2.33. The Morgan fingerprint density at radius 3 is 2.79 bits per heavy atom. The van der Waals surface area contributed by atoms with E-state index in [0.29, 0.717) is 6.54 Å². The fourth-order valence-corrected chi connectivity index (χ4v) is 1.94. The van der Waals surface area contributed by atoms with Crippen LogP contribution in [0.5, 0.6) is 0 Å². The molecule has 0 aliphatic carbocycles. The highest BCUT2D eigenvalue weighted by atomic mass is 79.9. The Bertz CT molecular complexity index is 327. The fourth-order valence-electron chi connectivity index (χ4n) is 1.29. The molecule has 0 fully saturated rings. The van der Waals surface area contributed by atoms with Crippen molar-refractivity contribution in [2.45, 2.75) is 13.8 Å². The molecule has 0 aliphatic heterocycles.